The lowest BCUT2D eigenvalue weighted by Gasteiger charge is -2.24. The molecule has 0 spiro atoms. The fourth-order valence-corrected chi connectivity index (χ4v) is 2.81. The van der Waals surface area contributed by atoms with Crippen LogP contribution in [0.4, 0.5) is 0 Å². The smallest absolute Gasteiger partial charge is 0.240 e. The van der Waals surface area contributed by atoms with Crippen LogP contribution in [-0.2, 0) is 17.8 Å². The van der Waals surface area contributed by atoms with Gasteiger partial charge in [0.25, 0.3) is 0 Å². The van der Waals surface area contributed by atoms with Crippen LogP contribution in [0.5, 0.6) is 0 Å². The quantitative estimate of drug-likeness (QED) is 0.868. The maximum absolute atomic E-state index is 12.1. The lowest BCUT2D eigenvalue weighted by Crippen LogP contribution is -2.44. The maximum Gasteiger partial charge on any atom is 0.240 e. The number of fused-ring (bicyclic) bond motifs is 1. The molecule has 20 heavy (non-hydrogen) atoms. The van der Waals surface area contributed by atoms with Gasteiger partial charge >= 0.3 is 0 Å². The molecule has 0 radical (unpaired) electrons. The monoisotopic (exact) mass is 277 g/mol. The summed E-state index contributed by atoms with van der Waals surface area (Å²) in [5.74, 6) is 0.0882. The summed E-state index contributed by atoms with van der Waals surface area (Å²) in [6.07, 6.45) is 8.73. The van der Waals surface area contributed by atoms with E-state index in [-0.39, 0.29) is 11.4 Å². The lowest BCUT2D eigenvalue weighted by molar-refractivity contribution is -0.123. The van der Waals surface area contributed by atoms with E-state index in [4.69, 9.17) is 0 Å². The molecule has 2 N–H and O–H groups in total. The van der Waals surface area contributed by atoms with Gasteiger partial charge in [0.05, 0.1) is 0 Å². The van der Waals surface area contributed by atoms with Crippen molar-refractivity contribution < 1.29 is 4.79 Å². The zero-order valence-corrected chi connectivity index (χ0v) is 13.1. The Morgan fingerprint density at radius 2 is 2.20 bits per heavy atom. The summed E-state index contributed by atoms with van der Waals surface area (Å²) in [4.78, 5) is 12.1. The minimum absolute atomic E-state index is 0.0882. The van der Waals surface area contributed by atoms with E-state index < -0.39 is 0 Å². The Labute approximate surface area is 121 Å². The van der Waals surface area contributed by atoms with Gasteiger partial charge in [-0.05, 0) is 57.7 Å². The van der Waals surface area contributed by atoms with Gasteiger partial charge in [0.1, 0.15) is 6.54 Å². The highest BCUT2D eigenvalue weighted by Crippen LogP contribution is 2.30. The summed E-state index contributed by atoms with van der Waals surface area (Å²) in [6.45, 7) is 6.62. The Morgan fingerprint density at radius 3 is 2.85 bits per heavy atom. The van der Waals surface area contributed by atoms with Crippen LogP contribution in [0.15, 0.2) is 12.4 Å². The van der Waals surface area contributed by atoms with Gasteiger partial charge in [-0.1, -0.05) is 6.92 Å². The summed E-state index contributed by atoms with van der Waals surface area (Å²) >= 11 is 0. The third kappa shape index (κ3) is 3.42. The highest BCUT2D eigenvalue weighted by atomic mass is 16.2. The van der Waals surface area contributed by atoms with Crippen LogP contribution in [0.3, 0.4) is 0 Å². The Morgan fingerprint density at radius 1 is 1.45 bits per heavy atom. The summed E-state index contributed by atoms with van der Waals surface area (Å²) in [5, 5.41) is 6.44. The fraction of sp³-hybridized carbons (Fsp3) is 0.688. The van der Waals surface area contributed by atoms with E-state index in [2.05, 4.69) is 43.8 Å². The predicted octanol–water partition coefficient (Wildman–Crippen LogP) is 2.39. The van der Waals surface area contributed by atoms with Crippen molar-refractivity contribution in [2.24, 2.45) is 0 Å². The Hall–Kier alpha value is -1.29. The Bertz CT molecular complexity index is 476. The molecule has 112 valence electrons. The van der Waals surface area contributed by atoms with Crippen LogP contribution in [0.1, 0.15) is 57.2 Å². The third-order valence-corrected chi connectivity index (χ3v) is 4.35. The number of amides is 1. The van der Waals surface area contributed by atoms with E-state index in [1.165, 1.54) is 24.0 Å². The van der Waals surface area contributed by atoms with Gasteiger partial charge in [0, 0.05) is 24.0 Å². The first kappa shape index (κ1) is 15.1. The van der Waals surface area contributed by atoms with Gasteiger partial charge in [0.15, 0.2) is 0 Å². The van der Waals surface area contributed by atoms with Crippen LogP contribution in [0, 0.1) is 0 Å². The van der Waals surface area contributed by atoms with Crippen LogP contribution in [0.2, 0.25) is 0 Å². The number of carbonyl (C=O) groups excluding carboxylic acids is 1. The van der Waals surface area contributed by atoms with Crippen molar-refractivity contribution in [3.05, 3.63) is 23.5 Å². The lowest BCUT2D eigenvalue weighted by atomic mass is 9.91. The maximum atomic E-state index is 12.1. The van der Waals surface area contributed by atoms with Crippen molar-refractivity contribution in [2.45, 2.75) is 64.6 Å². The first-order chi connectivity index (χ1) is 9.45. The van der Waals surface area contributed by atoms with E-state index in [0.29, 0.717) is 12.6 Å². The summed E-state index contributed by atoms with van der Waals surface area (Å²) in [7, 11) is 2.01. The molecule has 0 aliphatic heterocycles. The minimum Gasteiger partial charge on any atom is -0.350 e. The zero-order valence-electron chi connectivity index (χ0n) is 13.1. The average Bonchev–Trinajstić information content (AvgIpc) is 2.79. The number of rotatable bonds is 5. The van der Waals surface area contributed by atoms with Gasteiger partial charge in [-0.15, -0.1) is 0 Å². The molecule has 1 aromatic heterocycles. The number of aryl methyl sites for hydroxylation is 1. The van der Waals surface area contributed by atoms with Gasteiger partial charge in [-0.25, -0.2) is 0 Å². The summed E-state index contributed by atoms with van der Waals surface area (Å²) < 4.78 is 2.03. The second kappa shape index (κ2) is 6.00. The molecule has 1 unspecified atom stereocenters. The molecule has 1 amide bonds. The number of hydrogen-bond donors (Lipinski definition) is 2. The van der Waals surface area contributed by atoms with E-state index in [9.17, 15) is 4.79 Å². The van der Waals surface area contributed by atoms with Crippen molar-refractivity contribution in [2.75, 3.05) is 7.05 Å². The molecule has 2 rings (SSSR count). The van der Waals surface area contributed by atoms with E-state index in [1.807, 2.05) is 11.6 Å². The number of aromatic nitrogens is 1. The van der Waals surface area contributed by atoms with Crippen molar-refractivity contribution in [3.8, 4) is 0 Å². The molecule has 4 nitrogen and oxygen atoms in total. The van der Waals surface area contributed by atoms with Crippen LogP contribution < -0.4 is 10.6 Å². The van der Waals surface area contributed by atoms with Crippen molar-refractivity contribution in [3.63, 3.8) is 0 Å². The first-order valence-corrected chi connectivity index (χ1v) is 7.62. The highest BCUT2D eigenvalue weighted by molar-refractivity contribution is 5.76. The minimum atomic E-state index is -0.128. The van der Waals surface area contributed by atoms with Gasteiger partial charge < -0.3 is 15.2 Å². The summed E-state index contributed by atoms with van der Waals surface area (Å²) in [5.41, 5.74) is 2.62. The fourth-order valence-electron chi connectivity index (χ4n) is 2.81. The molecule has 0 saturated heterocycles. The Kier molecular flexibility index (Phi) is 4.53. The topological polar surface area (TPSA) is 46.1 Å². The highest BCUT2D eigenvalue weighted by Gasteiger charge is 2.22. The van der Waals surface area contributed by atoms with Crippen molar-refractivity contribution in [1.29, 1.82) is 0 Å². The molecular formula is C16H27N3O. The second-order valence-electron chi connectivity index (χ2n) is 6.43. The predicted molar refractivity (Wildman–Crippen MR) is 81.7 cm³/mol. The zero-order chi connectivity index (χ0) is 14.8. The molecule has 0 fully saturated rings. The molecule has 1 aliphatic carbocycles. The number of nitrogens with zero attached hydrogens (tertiary/aromatic N) is 1. The number of carbonyl (C=O) groups is 1. The molecule has 1 aliphatic rings. The molecular weight excluding hydrogens is 250 g/mol. The molecule has 0 saturated carbocycles. The molecule has 1 heterocycles. The largest absolute Gasteiger partial charge is 0.350 e. The second-order valence-corrected chi connectivity index (χ2v) is 6.43. The normalized spacial score (nSPS) is 18.7. The molecule has 1 aromatic rings. The van der Waals surface area contributed by atoms with Gasteiger partial charge in [-0.3, -0.25) is 4.79 Å². The van der Waals surface area contributed by atoms with Crippen molar-refractivity contribution >= 4 is 5.91 Å². The standard InChI is InChI=1S/C16H27N3O/c1-5-16(2,3)18-15(20)11-19-9-12-7-6-8-14(17-4)13(12)10-19/h9-10,14,17H,5-8,11H2,1-4H3,(H,18,20). The average molecular weight is 277 g/mol. The van der Waals surface area contributed by atoms with E-state index >= 15 is 0 Å². The number of nitrogens with one attached hydrogen (secondary N) is 2. The third-order valence-electron chi connectivity index (χ3n) is 4.35. The Balaban J connectivity index is 2.04. The summed E-state index contributed by atoms with van der Waals surface area (Å²) in [6, 6.07) is 0.440. The molecule has 1 atom stereocenters. The molecule has 4 heteroatoms. The van der Waals surface area contributed by atoms with Crippen LogP contribution in [-0.4, -0.2) is 23.1 Å². The van der Waals surface area contributed by atoms with Crippen molar-refractivity contribution in [1.82, 2.24) is 15.2 Å². The van der Waals surface area contributed by atoms with Gasteiger partial charge in [0.2, 0.25) is 5.91 Å². The van der Waals surface area contributed by atoms with E-state index in [1.54, 1.807) is 0 Å². The van der Waals surface area contributed by atoms with E-state index in [0.717, 1.165) is 12.8 Å². The van der Waals surface area contributed by atoms with Crippen LogP contribution >= 0.6 is 0 Å². The van der Waals surface area contributed by atoms with Gasteiger partial charge in [-0.2, -0.15) is 0 Å². The number of hydrogen-bond acceptors (Lipinski definition) is 2. The first-order valence-electron chi connectivity index (χ1n) is 7.62. The molecule has 0 bridgehead atoms. The SMILES string of the molecule is CCC(C)(C)NC(=O)Cn1cc2c(c1)C(NC)CCC2. The molecule has 0 aromatic carbocycles. The van der Waals surface area contributed by atoms with Crippen LogP contribution in [0.25, 0.3) is 0 Å².